The fourth-order valence-electron chi connectivity index (χ4n) is 3.44. The van der Waals surface area contributed by atoms with Crippen molar-refractivity contribution < 1.29 is 8.42 Å². The fourth-order valence-corrected chi connectivity index (χ4v) is 5.47. The molecular formula is C15H22N2O2S. The van der Waals surface area contributed by atoms with E-state index >= 15 is 0 Å². The van der Waals surface area contributed by atoms with E-state index in [4.69, 9.17) is 0 Å². The third-order valence-corrected chi connectivity index (χ3v) is 6.62. The van der Waals surface area contributed by atoms with E-state index in [1.165, 1.54) is 0 Å². The maximum atomic E-state index is 13.0. The van der Waals surface area contributed by atoms with Crippen molar-refractivity contribution in [3.63, 3.8) is 0 Å². The number of nitrogens with zero attached hydrogens (tertiary/aromatic N) is 1. The Balaban J connectivity index is 2.00. The molecule has 2 heterocycles. The van der Waals surface area contributed by atoms with Crippen LogP contribution in [-0.2, 0) is 10.0 Å². The SMILES string of the molecule is Cc1ccc(C)c(S(=O)(=O)N2CCCC3CNCC32)c1. The van der Waals surface area contributed by atoms with E-state index in [1.807, 2.05) is 26.0 Å². The molecule has 0 spiro atoms. The zero-order chi connectivity index (χ0) is 14.3. The Bertz CT molecular complexity index is 612. The normalized spacial score (nSPS) is 27.5. The molecule has 2 unspecified atom stereocenters. The van der Waals surface area contributed by atoms with Crippen molar-refractivity contribution in [2.45, 2.75) is 37.6 Å². The van der Waals surface area contributed by atoms with Gasteiger partial charge >= 0.3 is 0 Å². The Morgan fingerprint density at radius 3 is 2.85 bits per heavy atom. The molecule has 1 aromatic carbocycles. The van der Waals surface area contributed by atoms with E-state index in [9.17, 15) is 8.42 Å². The summed E-state index contributed by atoms with van der Waals surface area (Å²) in [5, 5.41) is 3.34. The number of hydrogen-bond donors (Lipinski definition) is 1. The topological polar surface area (TPSA) is 49.4 Å². The molecule has 4 nitrogen and oxygen atoms in total. The van der Waals surface area contributed by atoms with Crippen LogP contribution in [0.1, 0.15) is 24.0 Å². The first-order valence-corrected chi connectivity index (χ1v) is 8.74. The van der Waals surface area contributed by atoms with E-state index in [2.05, 4.69) is 5.32 Å². The Morgan fingerprint density at radius 2 is 2.05 bits per heavy atom. The average Bonchev–Trinajstić information content (AvgIpc) is 2.89. The van der Waals surface area contributed by atoms with Gasteiger partial charge in [-0.2, -0.15) is 4.31 Å². The monoisotopic (exact) mass is 294 g/mol. The number of hydrogen-bond acceptors (Lipinski definition) is 3. The predicted octanol–water partition coefficient (Wildman–Crippen LogP) is 1.68. The molecule has 20 heavy (non-hydrogen) atoms. The number of nitrogens with one attached hydrogen (secondary N) is 1. The summed E-state index contributed by atoms with van der Waals surface area (Å²) in [6.07, 6.45) is 2.10. The molecule has 1 aromatic rings. The zero-order valence-corrected chi connectivity index (χ0v) is 12.9. The summed E-state index contributed by atoms with van der Waals surface area (Å²) in [7, 11) is -3.38. The van der Waals surface area contributed by atoms with Crippen molar-refractivity contribution in [2.24, 2.45) is 5.92 Å². The van der Waals surface area contributed by atoms with Crippen molar-refractivity contribution in [1.29, 1.82) is 0 Å². The van der Waals surface area contributed by atoms with Crippen LogP contribution in [0.4, 0.5) is 0 Å². The van der Waals surface area contributed by atoms with Gasteiger partial charge in [-0.25, -0.2) is 8.42 Å². The number of benzene rings is 1. The minimum Gasteiger partial charge on any atom is -0.315 e. The second-order valence-corrected chi connectivity index (χ2v) is 7.87. The van der Waals surface area contributed by atoms with Gasteiger partial charge in [0.25, 0.3) is 0 Å². The van der Waals surface area contributed by atoms with Crippen molar-refractivity contribution in [3.05, 3.63) is 29.3 Å². The van der Waals surface area contributed by atoms with Crippen LogP contribution in [0.15, 0.2) is 23.1 Å². The second-order valence-electron chi connectivity index (χ2n) is 6.01. The van der Waals surface area contributed by atoms with Crippen LogP contribution >= 0.6 is 0 Å². The summed E-state index contributed by atoms with van der Waals surface area (Å²) in [6, 6.07) is 5.80. The molecule has 1 N–H and O–H groups in total. The summed E-state index contributed by atoms with van der Waals surface area (Å²) in [4.78, 5) is 0.477. The molecule has 2 fully saturated rings. The predicted molar refractivity (Wildman–Crippen MR) is 79.2 cm³/mol. The van der Waals surface area contributed by atoms with Crippen molar-refractivity contribution in [1.82, 2.24) is 9.62 Å². The lowest BCUT2D eigenvalue weighted by molar-refractivity contribution is 0.217. The van der Waals surface area contributed by atoms with Gasteiger partial charge in [-0.15, -0.1) is 0 Å². The van der Waals surface area contributed by atoms with Gasteiger partial charge in [0.2, 0.25) is 10.0 Å². The van der Waals surface area contributed by atoms with Crippen molar-refractivity contribution >= 4 is 10.0 Å². The number of sulfonamides is 1. The van der Waals surface area contributed by atoms with Crippen molar-refractivity contribution in [2.75, 3.05) is 19.6 Å². The lowest BCUT2D eigenvalue weighted by Gasteiger charge is -2.36. The summed E-state index contributed by atoms with van der Waals surface area (Å²) in [5.74, 6) is 0.476. The first kappa shape index (κ1) is 14.0. The number of piperidine rings is 1. The minimum atomic E-state index is -3.38. The van der Waals surface area contributed by atoms with Crippen LogP contribution in [0, 0.1) is 19.8 Å². The van der Waals surface area contributed by atoms with E-state index in [-0.39, 0.29) is 6.04 Å². The first-order chi connectivity index (χ1) is 9.50. The van der Waals surface area contributed by atoms with Gasteiger partial charge in [0, 0.05) is 19.1 Å². The van der Waals surface area contributed by atoms with E-state index in [0.29, 0.717) is 17.4 Å². The smallest absolute Gasteiger partial charge is 0.243 e. The molecule has 2 aliphatic rings. The number of rotatable bonds is 2. The van der Waals surface area contributed by atoms with Gasteiger partial charge in [-0.1, -0.05) is 12.1 Å². The molecule has 0 bridgehead atoms. The summed E-state index contributed by atoms with van der Waals surface area (Å²) in [5.41, 5.74) is 1.83. The van der Waals surface area contributed by atoms with Crippen molar-refractivity contribution in [3.8, 4) is 0 Å². The molecule has 0 radical (unpaired) electrons. The van der Waals surface area contributed by atoms with Gasteiger partial charge in [0.05, 0.1) is 4.90 Å². The van der Waals surface area contributed by atoms with Crippen LogP contribution in [0.3, 0.4) is 0 Å². The summed E-state index contributed by atoms with van der Waals surface area (Å²) in [6.45, 7) is 6.20. The Kier molecular flexibility index (Phi) is 3.60. The summed E-state index contributed by atoms with van der Waals surface area (Å²) < 4.78 is 27.7. The van der Waals surface area contributed by atoms with E-state index in [0.717, 1.165) is 37.1 Å². The number of aryl methyl sites for hydroxylation is 2. The molecule has 2 saturated heterocycles. The molecule has 2 atom stereocenters. The van der Waals surface area contributed by atoms with Gasteiger partial charge in [-0.05, 0) is 56.3 Å². The third kappa shape index (κ3) is 2.28. The number of fused-ring (bicyclic) bond motifs is 1. The molecule has 5 heteroatoms. The standard InChI is InChI=1S/C15H22N2O2S/c1-11-5-6-12(2)15(8-11)20(18,19)17-7-3-4-13-9-16-10-14(13)17/h5-6,8,13-14,16H,3-4,7,9-10H2,1-2H3. The van der Waals surface area contributed by atoms with Gasteiger partial charge in [0.1, 0.15) is 0 Å². The maximum absolute atomic E-state index is 13.0. The first-order valence-electron chi connectivity index (χ1n) is 7.30. The lowest BCUT2D eigenvalue weighted by atomic mass is 9.94. The van der Waals surface area contributed by atoms with Crippen LogP contribution in [0.25, 0.3) is 0 Å². The summed E-state index contributed by atoms with van der Waals surface area (Å²) >= 11 is 0. The van der Waals surface area contributed by atoms with Crippen LogP contribution in [0.2, 0.25) is 0 Å². The highest BCUT2D eigenvalue weighted by Gasteiger charge is 2.41. The molecule has 0 saturated carbocycles. The van der Waals surface area contributed by atoms with Crippen LogP contribution < -0.4 is 5.32 Å². The van der Waals surface area contributed by atoms with Gasteiger partial charge in [-0.3, -0.25) is 0 Å². The molecule has 0 aromatic heterocycles. The Labute approximate surface area is 121 Å². The molecule has 0 amide bonds. The zero-order valence-electron chi connectivity index (χ0n) is 12.1. The minimum absolute atomic E-state index is 0.133. The lowest BCUT2D eigenvalue weighted by Crippen LogP contribution is -2.48. The molecule has 2 aliphatic heterocycles. The highest BCUT2D eigenvalue weighted by Crippen LogP contribution is 2.32. The van der Waals surface area contributed by atoms with E-state index in [1.54, 1.807) is 10.4 Å². The second kappa shape index (κ2) is 5.13. The van der Waals surface area contributed by atoms with Crippen LogP contribution in [0.5, 0.6) is 0 Å². The van der Waals surface area contributed by atoms with Gasteiger partial charge < -0.3 is 5.32 Å². The highest BCUT2D eigenvalue weighted by molar-refractivity contribution is 7.89. The molecular weight excluding hydrogens is 272 g/mol. The average molecular weight is 294 g/mol. The highest BCUT2D eigenvalue weighted by atomic mass is 32.2. The fraction of sp³-hybridized carbons (Fsp3) is 0.600. The largest absolute Gasteiger partial charge is 0.315 e. The Hall–Kier alpha value is -0.910. The molecule has 0 aliphatic carbocycles. The Morgan fingerprint density at radius 1 is 1.25 bits per heavy atom. The quantitative estimate of drug-likeness (QED) is 0.903. The van der Waals surface area contributed by atoms with Gasteiger partial charge in [0.15, 0.2) is 0 Å². The molecule has 3 rings (SSSR count). The van der Waals surface area contributed by atoms with E-state index < -0.39 is 10.0 Å². The third-order valence-electron chi connectivity index (χ3n) is 4.56. The maximum Gasteiger partial charge on any atom is 0.243 e. The molecule has 110 valence electrons. The van der Waals surface area contributed by atoms with Crippen LogP contribution in [-0.4, -0.2) is 38.4 Å².